The molecule has 0 aromatic carbocycles. The zero-order chi connectivity index (χ0) is 19.6. The Bertz CT molecular complexity index is 442. The number of amides is 2. The number of carboxylic acid groups (broad SMARTS) is 1. The lowest BCUT2D eigenvalue weighted by molar-refractivity contribution is -0.143. The van der Waals surface area contributed by atoms with Gasteiger partial charge in [0.2, 0.25) is 11.8 Å². The van der Waals surface area contributed by atoms with Gasteiger partial charge in [-0.1, -0.05) is 40.5 Å². The summed E-state index contributed by atoms with van der Waals surface area (Å²) in [5.41, 5.74) is 11.3. The van der Waals surface area contributed by atoms with Gasteiger partial charge in [-0.15, -0.1) is 0 Å². The average Bonchev–Trinajstić information content (AvgIpc) is 2.55. The molecule has 0 aromatic rings. The highest BCUT2D eigenvalue weighted by molar-refractivity contribution is 5.92. The zero-order valence-corrected chi connectivity index (χ0v) is 15.7. The number of aliphatic carboxylic acids is 1. The fraction of sp³-hybridized carbons (Fsp3) is 0.824. The second kappa shape index (κ2) is 11.8. The molecule has 146 valence electrons. The smallest absolute Gasteiger partial charge is 0.326 e. The minimum Gasteiger partial charge on any atom is -0.480 e. The van der Waals surface area contributed by atoms with E-state index in [1.807, 2.05) is 13.8 Å². The molecule has 0 saturated heterocycles. The topological polar surface area (TPSA) is 148 Å². The molecule has 4 atom stereocenters. The minimum atomic E-state index is -1.10. The molecule has 25 heavy (non-hydrogen) atoms. The number of hydrogen-bond donors (Lipinski definition) is 5. The molecule has 0 aliphatic rings. The van der Waals surface area contributed by atoms with Crippen LogP contribution >= 0.6 is 0 Å². The number of hydrogen-bond acceptors (Lipinski definition) is 5. The van der Waals surface area contributed by atoms with E-state index in [9.17, 15) is 19.5 Å². The summed E-state index contributed by atoms with van der Waals surface area (Å²) < 4.78 is 0. The quantitative estimate of drug-likeness (QED) is 0.315. The standard InChI is InChI=1S/C17H34N4O4/c1-5-11(4)14(16(23)20-13(10(2)3)17(24)25)21-15(22)12(19)8-6-7-9-18/h10-14H,5-9,18-19H2,1-4H3,(H,20,23)(H,21,22)(H,24,25). The van der Waals surface area contributed by atoms with Crippen molar-refractivity contribution in [3.63, 3.8) is 0 Å². The first-order valence-corrected chi connectivity index (χ1v) is 8.94. The second-order valence-electron chi connectivity index (χ2n) is 6.83. The van der Waals surface area contributed by atoms with E-state index in [0.717, 1.165) is 12.8 Å². The number of nitrogens with one attached hydrogen (secondary N) is 2. The Morgan fingerprint density at radius 2 is 1.56 bits per heavy atom. The van der Waals surface area contributed by atoms with Crippen molar-refractivity contribution in [1.29, 1.82) is 0 Å². The third-order valence-corrected chi connectivity index (χ3v) is 4.33. The second-order valence-corrected chi connectivity index (χ2v) is 6.83. The Morgan fingerprint density at radius 3 is 2.00 bits per heavy atom. The third-order valence-electron chi connectivity index (χ3n) is 4.33. The molecule has 0 heterocycles. The van der Waals surface area contributed by atoms with E-state index in [-0.39, 0.29) is 11.8 Å². The van der Waals surface area contributed by atoms with Crippen molar-refractivity contribution in [2.24, 2.45) is 23.3 Å². The first-order valence-electron chi connectivity index (χ1n) is 8.94. The predicted octanol–water partition coefficient (Wildman–Crippen LogP) is 0.199. The number of carboxylic acids is 1. The molecule has 0 spiro atoms. The fourth-order valence-corrected chi connectivity index (χ4v) is 2.36. The maximum absolute atomic E-state index is 12.5. The van der Waals surface area contributed by atoms with E-state index in [4.69, 9.17) is 11.5 Å². The van der Waals surface area contributed by atoms with Gasteiger partial charge in [0.15, 0.2) is 0 Å². The van der Waals surface area contributed by atoms with Gasteiger partial charge >= 0.3 is 5.97 Å². The fourth-order valence-electron chi connectivity index (χ4n) is 2.36. The summed E-state index contributed by atoms with van der Waals surface area (Å²) in [5.74, 6) is -2.43. The van der Waals surface area contributed by atoms with Gasteiger partial charge in [0, 0.05) is 0 Å². The van der Waals surface area contributed by atoms with E-state index in [0.29, 0.717) is 19.4 Å². The van der Waals surface area contributed by atoms with Gasteiger partial charge in [-0.25, -0.2) is 4.79 Å². The molecule has 0 aliphatic heterocycles. The van der Waals surface area contributed by atoms with E-state index in [2.05, 4.69) is 10.6 Å². The molecule has 0 fully saturated rings. The number of nitrogens with two attached hydrogens (primary N) is 2. The van der Waals surface area contributed by atoms with Crippen molar-refractivity contribution < 1.29 is 19.5 Å². The van der Waals surface area contributed by atoms with Crippen LogP contribution in [0.1, 0.15) is 53.4 Å². The van der Waals surface area contributed by atoms with Crippen LogP contribution in [0.2, 0.25) is 0 Å². The molecule has 7 N–H and O–H groups in total. The lowest BCUT2D eigenvalue weighted by Gasteiger charge is -2.27. The van der Waals surface area contributed by atoms with Crippen LogP contribution in [0.15, 0.2) is 0 Å². The molecule has 8 heteroatoms. The van der Waals surface area contributed by atoms with E-state index in [1.165, 1.54) is 0 Å². The molecule has 0 aromatic heterocycles. The Hall–Kier alpha value is -1.67. The summed E-state index contributed by atoms with van der Waals surface area (Å²) >= 11 is 0. The molecule has 0 saturated carbocycles. The lowest BCUT2D eigenvalue weighted by Crippen LogP contribution is -2.57. The van der Waals surface area contributed by atoms with E-state index in [1.54, 1.807) is 13.8 Å². The first kappa shape index (κ1) is 23.3. The van der Waals surface area contributed by atoms with Crippen LogP contribution in [-0.2, 0) is 14.4 Å². The van der Waals surface area contributed by atoms with Gasteiger partial charge in [-0.2, -0.15) is 0 Å². The van der Waals surface area contributed by atoms with Gasteiger partial charge in [-0.3, -0.25) is 9.59 Å². The van der Waals surface area contributed by atoms with Gasteiger partial charge in [0.25, 0.3) is 0 Å². The highest BCUT2D eigenvalue weighted by Gasteiger charge is 2.31. The Kier molecular flexibility index (Phi) is 11.0. The highest BCUT2D eigenvalue weighted by atomic mass is 16.4. The summed E-state index contributed by atoms with van der Waals surface area (Å²) in [6.45, 7) is 7.69. The van der Waals surface area contributed by atoms with Crippen LogP contribution in [0.3, 0.4) is 0 Å². The predicted molar refractivity (Wildman–Crippen MR) is 96.7 cm³/mol. The molecule has 2 amide bonds. The van der Waals surface area contributed by atoms with Crippen LogP contribution in [0.25, 0.3) is 0 Å². The van der Waals surface area contributed by atoms with E-state index < -0.39 is 35.9 Å². The number of unbranched alkanes of at least 4 members (excludes halogenated alkanes) is 1. The molecule has 8 nitrogen and oxygen atoms in total. The van der Waals surface area contributed by atoms with Crippen molar-refractivity contribution in [2.45, 2.75) is 71.5 Å². The lowest BCUT2D eigenvalue weighted by atomic mass is 9.96. The monoisotopic (exact) mass is 358 g/mol. The van der Waals surface area contributed by atoms with Crippen LogP contribution in [0, 0.1) is 11.8 Å². The van der Waals surface area contributed by atoms with Crippen molar-refractivity contribution in [3.8, 4) is 0 Å². The third kappa shape index (κ3) is 8.31. The van der Waals surface area contributed by atoms with Gasteiger partial charge in [0.1, 0.15) is 12.1 Å². The van der Waals surface area contributed by atoms with Gasteiger partial charge in [-0.05, 0) is 31.2 Å². The summed E-state index contributed by atoms with van der Waals surface area (Å²) in [6, 6.07) is -2.54. The maximum atomic E-state index is 12.5. The summed E-state index contributed by atoms with van der Waals surface area (Å²) in [7, 11) is 0. The van der Waals surface area contributed by atoms with Crippen LogP contribution < -0.4 is 22.1 Å². The highest BCUT2D eigenvalue weighted by Crippen LogP contribution is 2.11. The Balaban J connectivity index is 4.97. The zero-order valence-electron chi connectivity index (χ0n) is 15.7. The average molecular weight is 358 g/mol. The molecule has 0 aliphatic carbocycles. The van der Waals surface area contributed by atoms with Crippen LogP contribution in [0.5, 0.6) is 0 Å². The van der Waals surface area contributed by atoms with Crippen molar-refractivity contribution in [1.82, 2.24) is 10.6 Å². The summed E-state index contributed by atoms with van der Waals surface area (Å²) in [4.78, 5) is 36.1. The Labute approximate surface area is 150 Å². The molecule has 0 radical (unpaired) electrons. The normalized spacial score (nSPS) is 16.0. The van der Waals surface area contributed by atoms with Crippen molar-refractivity contribution in [2.75, 3.05) is 6.54 Å². The molecular weight excluding hydrogens is 324 g/mol. The number of carbonyl (C=O) groups is 3. The van der Waals surface area contributed by atoms with Crippen LogP contribution in [0.4, 0.5) is 0 Å². The summed E-state index contributed by atoms with van der Waals surface area (Å²) in [5, 5.41) is 14.4. The van der Waals surface area contributed by atoms with E-state index >= 15 is 0 Å². The summed E-state index contributed by atoms with van der Waals surface area (Å²) in [6.07, 6.45) is 2.66. The maximum Gasteiger partial charge on any atom is 0.326 e. The number of rotatable bonds is 12. The molecule has 0 rings (SSSR count). The van der Waals surface area contributed by atoms with Gasteiger partial charge in [0.05, 0.1) is 6.04 Å². The van der Waals surface area contributed by atoms with Crippen molar-refractivity contribution in [3.05, 3.63) is 0 Å². The Morgan fingerprint density at radius 1 is 1.00 bits per heavy atom. The van der Waals surface area contributed by atoms with Gasteiger partial charge < -0.3 is 27.2 Å². The first-order chi connectivity index (χ1) is 11.6. The number of carbonyl (C=O) groups excluding carboxylic acids is 2. The molecule has 4 unspecified atom stereocenters. The van der Waals surface area contributed by atoms with Crippen LogP contribution in [-0.4, -0.2) is 47.6 Å². The minimum absolute atomic E-state index is 0.151. The molecular formula is C17H34N4O4. The largest absolute Gasteiger partial charge is 0.480 e. The molecule has 0 bridgehead atoms. The SMILES string of the molecule is CCC(C)C(NC(=O)C(N)CCCCN)C(=O)NC(C(=O)O)C(C)C. The van der Waals surface area contributed by atoms with Crippen molar-refractivity contribution >= 4 is 17.8 Å².